The first-order valence-corrected chi connectivity index (χ1v) is 4.66. The molecule has 0 saturated carbocycles. The maximum absolute atomic E-state index is 12.0. The Morgan fingerprint density at radius 3 is 2.47 bits per heavy atom. The number of carbonyl (C=O) groups is 1. The van der Waals surface area contributed by atoms with Crippen molar-refractivity contribution < 1.29 is 32.5 Å². The molecular weight excluding hydrogens is 291 g/mol. The number of aromatic hydroxyl groups is 1. The van der Waals surface area contributed by atoms with Gasteiger partial charge in [0.2, 0.25) is 0 Å². The molecule has 108 valence electrons. The number of halogens is 4. The molecule has 0 radical (unpaired) electrons. The lowest BCUT2D eigenvalue weighted by atomic mass is 10.1. The third-order valence-electron chi connectivity index (χ3n) is 2.02. The molecule has 0 fully saturated rings. The molecule has 3 N–H and O–H groups in total. The first kappa shape index (κ1) is 17.3. The number of ether oxygens (including phenoxy) is 2. The highest BCUT2D eigenvalue weighted by molar-refractivity contribution is 5.85. The Bertz CT molecular complexity index is 453. The Labute approximate surface area is 112 Å². The van der Waals surface area contributed by atoms with E-state index in [4.69, 9.17) is 5.73 Å². The smallest absolute Gasteiger partial charge is 0.508 e. The second kappa shape index (κ2) is 6.48. The van der Waals surface area contributed by atoms with Crippen LogP contribution in [0.5, 0.6) is 11.5 Å². The maximum atomic E-state index is 12.0. The van der Waals surface area contributed by atoms with Gasteiger partial charge in [-0.25, -0.2) is 0 Å². The third kappa shape index (κ3) is 4.84. The number of rotatable bonds is 3. The van der Waals surface area contributed by atoms with Crippen LogP contribution in [0.15, 0.2) is 18.2 Å². The summed E-state index contributed by atoms with van der Waals surface area (Å²) < 4.78 is 43.9. The van der Waals surface area contributed by atoms with Gasteiger partial charge in [-0.15, -0.1) is 25.6 Å². The SMILES string of the molecule is COC(=O)[C@@H](N)c1cc(OC(F)(F)F)ccc1O.Cl. The van der Waals surface area contributed by atoms with E-state index in [1.165, 1.54) is 0 Å². The van der Waals surface area contributed by atoms with E-state index in [0.717, 1.165) is 25.3 Å². The molecule has 1 aromatic carbocycles. The van der Waals surface area contributed by atoms with Crippen molar-refractivity contribution in [3.63, 3.8) is 0 Å². The van der Waals surface area contributed by atoms with Gasteiger partial charge in [-0.05, 0) is 18.2 Å². The van der Waals surface area contributed by atoms with Gasteiger partial charge in [0.15, 0.2) is 0 Å². The normalized spacial score (nSPS) is 12.3. The molecule has 0 aromatic heterocycles. The van der Waals surface area contributed by atoms with E-state index in [1.54, 1.807) is 0 Å². The fourth-order valence-corrected chi connectivity index (χ4v) is 1.23. The van der Waals surface area contributed by atoms with Crippen LogP contribution in [0, 0.1) is 0 Å². The van der Waals surface area contributed by atoms with Crippen LogP contribution < -0.4 is 10.5 Å². The van der Waals surface area contributed by atoms with Crippen molar-refractivity contribution in [1.82, 2.24) is 0 Å². The summed E-state index contributed by atoms with van der Waals surface area (Å²) in [5.41, 5.74) is 5.19. The topological polar surface area (TPSA) is 81.8 Å². The molecule has 0 bridgehead atoms. The third-order valence-corrected chi connectivity index (χ3v) is 2.02. The zero-order valence-electron chi connectivity index (χ0n) is 9.60. The zero-order valence-corrected chi connectivity index (χ0v) is 10.4. The van der Waals surface area contributed by atoms with Gasteiger partial charge in [0.25, 0.3) is 0 Å². The zero-order chi connectivity index (χ0) is 13.9. The highest BCUT2D eigenvalue weighted by Crippen LogP contribution is 2.30. The van der Waals surface area contributed by atoms with E-state index in [9.17, 15) is 23.1 Å². The number of phenolic OH excluding ortho intramolecular Hbond substituents is 1. The number of benzene rings is 1. The van der Waals surface area contributed by atoms with Crippen molar-refractivity contribution in [3.8, 4) is 11.5 Å². The average Bonchev–Trinajstić information content (AvgIpc) is 2.28. The van der Waals surface area contributed by atoms with Crippen LogP contribution in [0.3, 0.4) is 0 Å². The van der Waals surface area contributed by atoms with E-state index in [1.807, 2.05) is 0 Å². The summed E-state index contributed by atoms with van der Waals surface area (Å²) in [4.78, 5) is 11.1. The lowest BCUT2D eigenvalue weighted by Gasteiger charge is -2.14. The Balaban J connectivity index is 0.00000324. The van der Waals surface area contributed by atoms with E-state index < -0.39 is 29.9 Å². The largest absolute Gasteiger partial charge is 0.573 e. The second-order valence-corrected chi connectivity index (χ2v) is 3.27. The lowest BCUT2D eigenvalue weighted by molar-refractivity contribution is -0.274. The quantitative estimate of drug-likeness (QED) is 0.833. The standard InChI is InChI=1S/C10H10F3NO4.ClH/c1-17-9(16)8(14)6-4-5(2-3-7(6)15)18-10(11,12)13;/h2-4,8,15H,14H2,1H3;1H/t8-;/m0./s1. The molecule has 1 aromatic rings. The van der Waals surface area contributed by atoms with E-state index >= 15 is 0 Å². The Morgan fingerprint density at radius 1 is 1.42 bits per heavy atom. The van der Waals surface area contributed by atoms with Gasteiger partial charge in [0, 0.05) is 5.56 Å². The molecule has 0 saturated heterocycles. The molecule has 0 unspecified atom stereocenters. The molecule has 1 atom stereocenters. The van der Waals surface area contributed by atoms with Crippen LogP contribution in [0.1, 0.15) is 11.6 Å². The first-order valence-electron chi connectivity index (χ1n) is 4.66. The van der Waals surface area contributed by atoms with Crippen LogP contribution in [-0.4, -0.2) is 24.5 Å². The van der Waals surface area contributed by atoms with Crippen molar-refractivity contribution >= 4 is 18.4 Å². The predicted octanol–water partition coefficient (Wildman–Crippen LogP) is 1.89. The minimum Gasteiger partial charge on any atom is -0.508 e. The van der Waals surface area contributed by atoms with Gasteiger partial charge < -0.3 is 20.3 Å². The van der Waals surface area contributed by atoms with E-state index in [0.29, 0.717) is 0 Å². The van der Waals surface area contributed by atoms with Crippen LogP contribution >= 0.6 is 12.4 Å². The number of alkyl halides is 3. The molecule has 1 rings (SSSR count). The highest BCUT2D eigenvalue weighted by atomic mass is 35.5. The minimum absolute atomic E-state index is 0. The first-order chi connectivity index (χ1) is 8.24. The Kier molecular flexibility index (Phi) is 5.91. The molecule has 5 nitrogen and oxygen atoms in total. The average molecular weight is 302 g/mol. The summed E-state index contributed by atoms with van der Waals surface area (Å²) in [5.74, 6) is -1.91. The summed E-state index contributed by atoms with van der Waals surface area (Å²) in [6, 6.07) is 1.27. The molecule has 0 amide bonds. The summed E-state index contributed by atoms with van der Waals surface area (Å²) in [6.07, 6.45) is -4.87. The van der Waals surface area contributed by atoms with Crippen LogP contribution in [0.2, 0.25) is 0 Å². The van der Waals surface area contributed by atoms with Crippen LogP contribution in [0.25, 0.3) is 0 Å². The number of hydrogen-bond acceptors (Lipinski definition) is 5. The van der Waals surface area contributed by atoms with Crippen molar-refractivity contribution in [3.05, 3.63) is 23.8 Å². The van der Waals surface area contributed by atoms with Gasteiger partial charge in [-0.2, -0.15) is 0 Å². The van der Waals surface area contributed by atoms with Crippen LogP contribution in [-0.2, 0) is 9.53 Å². The number of methoxy groups -OCH3 is 1. The number of phenols is 1. The number of esters is 1. The summed E-state index contributed by atoms with van der Waals surface area (Å²) in [7, 11) is 1.06. The van der Waals surface area contributed by atoms with Gasteiger partial charge in [-0.1, -0.05) is 0 Å². The van der Waals surface area contributed by atoms with Crippen LogP contribution in [0.4, 0.5) is 13.2 Å². The van der Waals surface area contributed by atoms with Crippen molar-refractivity contribution in [2.45, 2.75) is 12.4 Å². The van der Waals surface area contributed by atoms with Crippen molar-refractivity contribution in [2.75, 3.05) is 7.11 Å². The summed E-state index contributed by atoms with van der Waals surface area (Å²) in [5, 5.41) is 9.42. The molecule has 19 heavy (non-hydrogen) atoms. The maximum Gasteiger partial charge on any atom is 0.573 e. The van der Waals surface area contributed by atoms with E-state index in [2.05, 4.69) is 9.47 Å². The van der Waals surface area contributed by atoms with Gasteiger partial charge in [-0.3, -0.25) is 4.79 Å². The minimum atomic E-state index is -4.87. The Hall–Kier alpha value is -1.67. The number of hydrogen-bond donors (Lipinski definition) is 2. The lowest BCUT2D eigenvalue weighted by Crippen LogP contribution is -2.23. The van der Waals surface area contributed by atoms with Gasteiger partial charge in [0.05, 0.1) is 7.11 Å². The van der Waals surface area contributed by atoms with Crippen molar-refractivity contribution in [2.24, 2.45) is 5.73 Å². The van der Waals surface area contributed by atoms with Crippen molar-refractivity contribution in [1.29, 1.82) is 0 Å². The van der Waals surface area contributed by atoms with Gasteiger partial charge >= 0.3 is 12.3 Å². The van der Waals surface area contributed by atoms with Gasteiger partial charge in [0.1, 0.15) is 17.5 Å². The fraction of sp³-hybridized carbons (Fsp3) is 0.300. The second-order valence-electron chi connectivity index (χ2n) is 3.27. The number of nitrogens with two attached hydrogens (primary N) is 1. The fourth-order valence-electron chi connectivity index (χ4n) is 1.23. The van der Waals surface area contributed by atoms with E-state index in [-0.39, 0.29) is 18.0 Å². The molecule has 0 heterocycles. The summed E-state index contributed by atoms with van der Waals surface area (Å²) >= 11 is 0. The molecule has 9 heteroatoms. The summed E-state index contributed by atoms with van der Waals surface area (Å²) in [6.45, 7) is 0. The predicted molar refractivity (Wildman–Crippen MR) is 61.0 cm³/mol. The molecule has 0 aliphatic heterocycles. The number of carbonyl (C=O) groups excluding carboxylic acids is 1. The monoisotopic (exact) mass is 301 g/mol. The Morgan fingerprint density at radius 2 is 2.00 bits per heavy atom. The molecule has 0 aliphatic rings. The molecule has 0 spiro atoms. The highest BCUT2D eigenvalue weighted by Gasteiger charge is 2.32. The molecule has 0 aliphatic carbocycles. The molecular formula is C10H11ClF3NO4.